The molecule has 0 bridgehead atoms. The van der Waals surface area contributed by atoms with Crippen molar-refractivity contribution in [1.82, 2.24) is 16.4 Å². The Morgan fingerprint density at radius 3 is 3.06 bits per heavy atom. The highest BCUT2D eigenvalue weighted by atomic mass is 15.6. The van der Waals surface area contributed by atoms with Gasteiger partial charge in [0.15, 0.2) is 0 Å². The Kier molecular flexibility index (Phi) is 2.28. The van der Waals surface area contributed by atoms with Crippen LogP contribution in [-0.4, -0.2) is 6.54 Å². The molecule has 0 saturated carbocycles. The lowest BCUT2D eigenvalue weighted by Crippen LogP contribution is -2.41. The topological polar surface area (TPSA) is 36.1 Å². The third-order valence-corrected chi connectivity index (χ3v) is 4.26. The first-order chi connectivity index (χ1) is 8.93. The first-order valence-corrected chi connectivity index (χ1v) is 6.72. The van der Waals surface area contributed by atoms with Gasteiger partial charge in [0.1, 0.15) is 0 Å². The van der Waals surface area contributed by atoms with Gasteiger partial charge in [-0.1, -0.05) is 24.3 Å². The van der Waals surface area contributed by atoms with Gasteiger partial charge < -0.3 is 5.43 Å². The smallest absolute Gasteiger partial charge is 0.0382 e. The number of benzene rings is 1. The summed E-state index contributed by atoms with van der Waals surface area (Å²) in [4.78, 5) is 0. The van der Waals surface area contributed by atoms with Crippen LogP contribution in [0.5, 0.6) is 0 Å². The Morgan fingerprint density at radius 2 is 2.06 bits per heavy atom. The maximum absolute atomic E-state index is 3.36. The molecule has 2 aliphatic carbocycles. The van der Waals surface area contributed by atoms with Crippen molar-refractivity contribution in [3.8, 4) is 0 Å². The normalized spacial score (nSPS) is 25.6. The van der Waals surface area contributed by atoms with Crippen LogP contribution in [0.1, 0.15) is 19.3 Å². The van der Waals surface area contributed by atoms with Gasteiger partial charge in [0, 0.05) is 18.2 Å². The standard InChI is InChI=1S/C15H17N3/c1-2-4-12-11(3-1)9-14-13(12)6-5-10-7-8-16-18-17-15(10)14/h1-4,9-10,16-18H,5-8H2. The quantitative estimate of drug-likeness (QED) is 0.609. The van der Waals surface area contributed by atoms with Crippen molar-refractivity contribution in [1.29, 1.82) is 0 Å². The molecule has 4 rings (SSSR count). The van der Waals surface area contributed by atoms with Crippen molar-refractivity contribution in [2.24, 2.45) is 5.92 Å². The largest absolute Gasteiger partial charge is 0.311 e. The molecule has 1 aromatic carbocycles. The molecule has 1 aliphatic heterocycles. The van der Waals surface area contributed by atoms with Gasteiger partial charge in [0.2, 0.25) is 0 Å². The van der Waals surface area contributed by atoms with E-state index in [0.717, 1.165) is 6.54 Å². The maximum atomic E-state index is 3.36. The van der Waals surface area contributed by atoms with E-state index in [0.29, 0.717) is 5.92 Å². The van der Waals surface area contributed by atoms with Crippen molar-refractivity contribution in [2.45, 2.75) is 19.3 Å². The molecule has 3 heteroatoms. The molecule has 3 nitrogen and oxygen atoms in total. The fourth-order valence-electron chi connectivity index (χ4n) is 3.36. The molecule has 0 radical (unpaired) electrons. The Morgan fingerprint density at radius 1 is 1.11 bits per heavy atom. The van der Waals surface area contributed by atoms with Crippen molar-refractivity contribution < 1.29 is 0 Å². The molecule has 1 saturated heterocycles. The summed E-state index contributed by atoms with van der Waals surface area (Å²) in [5.41, 5.74) is 14.0. The van der Waals surface area contributed by atoms with Crippen LogP contribution in [0.25, 0.3) is 11.6 Å². The first-order valence-electron chi connectivity index (χ1n) is 6.72. The molecule has 3 N–H and O–H groups in total. The lowest BCUT2D eigenvalue weighted by molar-refractivity contribution is 0.498. The van der Waals surface area contributed by atoms with Gasteiger partial charge in [0.25, 0.3) is 0 Å². The molecule has 3 aliphatic rings. The Labute approximate surface area is 106 Å². The van der Waals surface area contributed by atoms with Gasteiger partial charge in [-0.2, -0.15) is 5.53 Å². The second kappa shape index (κ2) is 3.97. The van der Waals surface area contributed by atoms with Gasteiger partial charge >= 0.3 is 0 Å². The molecule has 1 heterocycles. The van der Waals surface area contributed by atoms with Crippen LogP contribution in [0.4, 0.5) is 0 Å². The number of fused-ring (bicyclic) bond motifs is 3. The first kappa shape index (κ1) is 10.4. The fraction of sp³-hybridized carbons (Fsp3) is 0.333. The number of hydrogen-bond donors (Lipinski definition) is 3. The highest BCUT2D eigenvalue weighted by Crippen LogP contribution is 2.36. The summed E-state index contributed by atoms with van der Waals surface area (Å²) in [7, 11) is 0. The van der Waals surface area contributed by atoms with E-state index in [-0.39, 0.29) is 0 Å². The van der Waals surface area contributed by atoms with Crippen molar-refractivity contribution >= 4 is 11.6 Å². The summed E-state index contributed by atoms with van der Waals surface area (Å²) in [5.74, 6) is 0.664. The summed E-state index contributed by atoms with van der Waals surface area (Å²) in [5, 5.41) is 2.80. The summed E-state index contributed by atoms with van der Waals surface area (Å²) < 4.78 is 0. The van der Waals surface area contributed by atoms with Gasteiger partial charge in [-0.25, -0.2) is 5.43 Å². The fourth-order valence-corrected chi connectivity index (χ4v) is 3.36. The Balaban J connectivity index is 1.95. The highest BCUT2D eigenvalue weighted by Gasteiger charge is 2.28. The van der Waals surface area contributed by atoms with Crippen molar-refractivity contribution in [3.63, 3.8) is 0 Å². The monoisotopic (exact) mass is 239 g/mol. The van der Waals surface area contributed by atoms with Gasteiger partial charge in [-0.05, 0) is 46.9 Å². The van der Waals surface area contributed by atoms with E-state index in [4.69, 9.17) is 0 Å². The van der Waals surface area contributed by atoms with Gasteiger partial charge in [0.05, 0.1) is 0 Å². The number of rotatable bonds is 0. The maximum Gasteiger partial charge on any atom is 0.0382 e. The van der Waals surface area contributed by atoms with E-state index in [1.54, 1.807) is 0 Å². The molecule has 0 spiro atoms. The Hall–Kier alpha value is -1.58. The molecule has 0 aromatic heterocycles. The predicted octanol–water partition coefficient (Wildman–Crippen LogP) is 0.298. The van der Waals surface area contributed by atoms with Crippen LogP contribution in [0.2, 0.25) is 0 Å². The minimum Gasteiger partial charge on any atom is -0.311 e. The van der Waals surface area contributed by atoms with Crippen LogP contribution in [0.15, 0.2) is 35.5 Å². The second-order valence-corrected chi connectivity index (χ2v) is 5.24. The Bertz CT molecular complexity index is 642. The van der Waals surface area contributed by atoms with E-state index in [1.807, 2.05) is 0 Å². The zero-order chi connectivity index (χ0) is 11.9. The van der Waals surface area contributed by atoms with Crippen molar-refractivity contribution in [3.05, 3.63) is 46.0 Å². The van der Waals surface area contributed by atoms with Crippen LogP contribution in [0.3, 0.4) is 0 Å². The SMILES string of the molecule is C1=c2ccccc2=C2CCC3CCNNNC3=C12. The van der Waals surface area contributed by atoms with E-state index < -0.39 is 0 Å². The lowest BCUT2D eigenvalue weighted by Gasteiger charge is -2.26. The second-order valence-electron chi connectivity index (χ2n) is 5.24. The summed E-state index contributed by atoms with van der Waals surface area (Å²) in [6.45, 7) is 1.02. The predicted molar refractivity (Wildman–Crippen MR) is 72.2 cm³/mol. The molecule has 92 valence electrons. The highest BCUT2D eigenvalue weighted by molar-refractivity contribution is 5.83. The summed E-state index contributed by atoms with van der Waals surface area (Å²) in [6.07, 6.45) is 6.01. The number of hydrogen-bond acceptors (Lipinski definition) is 3. The lowest BCUT2D eigenvalue weighted by atomic mass is 9.83. The zero-order valence-electron chi connectivity index (χ0n) is 10.3. The average molecular weight is 239 g/mol. The minimum atomic E-state index is 0.664. The van der Waals surface area contributed by atoms with E-state index in [1.165, 1.54) is 46.5 Å². The number of allylic oxidation sites excluding steroid dienone is 2. The molecule has 1 atom stereocenters. The minimum absolute atomic E-state index is 0.664. The number of nitrogens with one attached hydrogen (secondary N) is 3. The van der Waals surface area contributed by atoms with Gasteiger partial charge in [-0.3, -0.25) is 0 Å². The summed E-state index contributed by atoms with van der Waals surface area (Å²) >= 11 is 0. The van der Waals surface area contributed by atoms with Crippen LogP contribution in [0, 0.1) is 5.92 Å². The van der Waals surface area contributed by atoms with Crippen LogP contribution in [-0.2, 0) is 0 Å². The van der Waals surface area contributed by atoms with E-state index in [2.05, 4.69) is 46.7 Å². The average Bonchev–Trinajstić information content (AvgIpc) is 2.62. The van der Waals surface area contributed by atoms with Crippen LogP contribution < -0.4 is 26.8 Å². The third-order valence-electron chi connectivity index (χ3n) is 4.26. The third kappa shape index (κ3) is 1.44. The molecule has 1 aromatic rings. The summed E-state index contributed by atoms with van der Waals surface area (Å²) in [6, 6.07) is 8.72. The zero-order valence-corrected chi connectivity index (χ0v) is 10.3. The van der Waals surface area contributed by atoms with E-state index in [9.17, 15) is 0 Å². The number of hydrazine groups is 2. The van der Waals surface area contributed by atoms with Crippen LogP contribution >= 0.6 is 0 Å². The molecular weight excluding hydrogens is 222 g/mol. The molecular formula is C15H17N3. The molecule has 18 heavy (non-hydrogen) atoms. The molecule has 1 unspecified atom stereocenters. The molecule has 1 fully saturated rings. The van der Waals surface area contributed by atoms with E-state index >= 15 is 0 Å². The molecule has 0 amide bonds. The van der Waals surface area contributed by atoms with Gasteiger partial charge in [-0.15, -0.1) is 0 Å². The van der Waals surface area contributed by atoms with Crippen molar-refractivity contribution in [2.75, 3.05) is 6.54 Å².